The second kappa shape index (κ2) is 8.63. The first-order valence-electron chi connectivity index (χ1n) is 11.4. The number of nitrogens with zero attached hydrogens (tertiary/aromatic N) is 3. The maximum absolute atomic E-state index is 13.5. The van der Waals surface area contributed by atoms with Gasteiger partial charge in [-0.3, -0.25) is 14.6 Å². The van der Waals surface area contributed by atoms with Crippen LogP contribution < -0.4 is 5.32 Å². The summed E-state index contributed by atoms with van der Waals surface area (Å²) in [6, 6.07) is 15.5. The van der Waals surface area contributed by atoms with Crippen LogP contribution in [0.4, 0.5) is 0 Å². The molecule has 0 radical (unpaired) electrons. The van der Waals surface area contributed by atoms with Gasteiger partial charge in [0.05, 0.1) is 12.6 Å². The molecule has 2 aromatic rings. The van der Waals surface area contributed by atoms with Gasteiger partial charge in [0.25, 0.3) is 5.91 Å². The number of fused-ring (bicyclic) bond motifs is 1. The Kier molecular flexibility index (Phi) is 5.59. The van der Waals surface area contributed by atoms with Gasteiger partial charge in [-0.05, 0) is 60.0 Å². The molecule has 2 atom stereocenters. The summed E-state index contributed by atoms with van der Waals surface area (Å²) in [5.41, 5.74) is 3.21. The number of rotatable bonds is 4. The number of allylic oxidation sites excluding steroid dienone is 1. The Hall–Kier alpha value is -2.48. The molecule has 0 spiro atoms. The molecule has 6 rings (SSSR count). The van der Waals surface area contributed by atoms with E-state index in [1.54, 1.807) is 4.90 Å². The van der Waals surface area contributed by atoms with Crippen molar-refractivity contribution < 1.29 is 9.59 Å². The molecular formula is C25H22Cl2N4O2S. The van der Waals surface area contributed by atoms with Gasteiger partial charge in [-0.2, -0.15) is 0 Å². The fraction of sp³-hybridized carbons (Fsp3) is 0.320. The van der Waals surface area contributed by atoms with Gasteiger partial charge in [0.15, 0.2) is 5.17 Å². The lowest BCUT2D eigenvalue weighted by molar-refractivity contribution is -0.135. The molecule has 1 N–H and O–H groups in total. The van der Waals surface area contributed by atoms with Crippen LogP contribution in [-0.4, -0.2) is 46.4 Å². The maximum Gasteiger partial charge on any atom is 0.263 e. The van der Waals surface area contributed by atoms with Crippen molar-refractivity contribution in [1.82, 2.24) is 15.1 Å². The highest BCUT2D eigenvalue weighted by Crippen LogP contribution is 2.57. The molecule has 1 aliphatic carbocycles. The predicted octanol–water partition coefficient (Wildman–Crippen LogP) is 4.77. The van der Waals surface area contributed by atoms with Crippen LogP contribution in [0.15, 0.2) is 64.1 Å². The first-order valence-corrected chi connectivity index (χ1v) is 12.9. The smallest absolute Gasteiger partial charge is 0.263 e. The number of hydrogen-bond donors (Lipinski definition) is 1. The van der Waals surface area contributed by atoms with E-state index in [-0.39, 0.29) is 30.4 Å². The number of carbonyl (C=O) groups is 2. The third-order valence-electron chi connectivity index (χ3n) is 6.63. The largest absolute Gasteiger partial charge is 0.353 e. The Morgan fingerprint density at radius 3 is 2.26 bits per heavy atom. The Balaban J connectivity index is 1.42. The van der Waals surface area contributed by atoms with E-state index in [2.05, 4.69) is 10.2 Å². The summed E-state index contributed by atoms with van der Waals surface area (Å²) in [6.07, 6.45) is 2.10. The maximum atomic E-state index is 13.5. The summed E-state index contributed by atoms with van der Waals surface area (Å²) >= 11 is 13.8. The second-order valence-electron chi connectivity index (χ2n) is 8.94. The normalized spacial score (nSPS) is 24.3. The highest BCUT2D eigenvalue weighted by molar-refractivity contribution is 8.18. The second-order valence-corrected chi connectivity index (χ2v) is 10.8. The molecule has 0 unspecified atom stereocenters. The lowest BCUT2D eigenvalue weighted by atomic mass is 9.93. The van der Waals surface area contributed by atoms with Gasteiger partial charge < -0.3 is 15.1 Å². The van der Waals surface area contributed by atoms with Gasteiger partial charge in [-0.25, -0.2) is 0 Å². The van der Waals surface area contributed by atoms with Crippen molar-refractivity contribution in [3.8, 4) is 0 Å². The van der Waals surface area contributed by atoms with E-state index in [9.17, 15) is 9.59 Å². The van der Waals surface area contributed by atoms with Gasteiger partial charge in [-0.1, -0.05) is 47.5 Å². The molecule has 4 aliphatic rings. The molecule has 0 aromatic heterocycles. The molecule has 2 fully saturated rings. The summed E-state index contributed by atoms with van der Waals surface area (Å²) in [7, 11) is 0. The number of benzene rings is 2. The highest BCUT2D eigenvalue weighted by atomic mass is 35.5. The van der Waals surface area contributed by atoms with Crippen LogP contribution in [0.25, 0.3) is 0 Å². The Morgan fingerprint density at radius 2 is 1.65 bits per heavy atom. The zero-order valence-corrected chi connectivity index (χ0v) is 20.5. The molecule has 3 aliphatic heterocycles. The van der Waals surface area contributed by atoms with Crippen LogP contribution in [0, 0.1) is 5.92 Å². The van der Waals surface area contributed by atoms with Crippen LogP contribution in [-0.2, 0) is 9.59 Å². The number of halogens is 2. The van der Waals surface area contributed by atoms with Gasteiger partial charge in [0, 0.05) is 34.7 Å². The summed E-state index contributed by atoms with van der Waals surface area (Å²) < 4.78 is 0. The van der Waals surface area contributed by atoms with Gasteiger partial charge in [0.2, 0.25) is 5.91 Å². The van der Waals surface area contributed by atoms with Crippen LogP contribution in [0.5, 0.6) is 0 Å². The third kappa shape index (κ3) is 3.89. The van der Waals surface area contributed by atoms with Crippen molar-refractivity contribution in [2.24, 2.45) is 10.9 Å². The first kappa shape index (κ1) is 22.0. The topological polar surface area (TPSA) is 65.0 Å². The number of piperazine rings is 1. The van der Waals surface area contributed by atoms with Gasteiger partial charge >= 0.3 is 0 Å². The fourth-order valence-electron chi connectivity index (χ4n) is 4.85. The predicted molar refractivity (Wildman–Crippen MR) is 135 cm³/mol. The lowest BCUT2D eigenvalue weighted by Crippen LogP contribution is -2.50. The molecule has 0 bridgehead atoms. The molecule has 3 heterocycles. The van der Waals surface area contributed by atoms with Crippen molar-refractivity contribution in [2.45, 2.75) is 24.9 Å². The molecular weight excluding hydrogens is 491 g/mol. The Bertz CT molecular complexity index is 1220. The van der Waals surface area contributed by atoms with Crippen LogP contribution >= 0.6 is 35.0 Å². The van der Waals surface area contributed by atoms with E-state index >= 15 is 0 Å². The summed E-state index contributed by atoms with van der Waals surface area (Å²) in [4.78, 5) is 35.2. The molecule has 9 heteroatoms. The number of thioether (sulfide) groups is 1. The minimum Gasteiger partial charge on any atom is -0.353 e. The quantitative estimate of drug-likeness (QED) is 0.640. The van der Waals surface area contributed by atoms with Gasteiger partial charge in [0.1, 0.15) is 10.9 Å². The number of hydrogen-bond acceptors (Lipinski definition) is 5. The standard InChI is InChI=1S/C25H22Cl2N4O2S/c26-17-7-3-14(4-8-17)20-21(15-5-9-18(27)10-6-15)31-22(16-1-2-16)23(34-25(31)29-20)24(33)30-12-11-28-19(32)13-30/h3-10,16,20-21H,1-2,11-13H2,(H,28,32)/t20-,21+/m0/s1. The lowest BCUT2D eigenvalue weighted by Gasteiger charge is -2.31. The molecule has 174 valence electrons. The van der Waals surface area contributed by atoms with E-state index in [1.807, 2.05) is 48.5 Å². The SMILES string of the molecule is O=C1CN(C(=O)C2=C(C3CC3)N3C(=N[C@@H](c4ccc(Cl)cc4)[C@H]3c3ccc(Cl)cc3)S2)CCN1. The van der Waals surface area contributed by atoms with Crippen LogP contribution in [0.3, 0.4) is 0 Å². The minimum absolute atomic E-state index is 0.0725. The number of nitrogens with one attached hydrogen (secondary N) is 1. The highest BCUT2D eigenvalue weighted by Gasteiger charge is 2.50. The Morgan fingerprint density at radius 1 is 1.00 bits per heavy atom. The van der Waals surface area contributed by atoms with Crippen molar-refractivity contribution in [3.63, 3.8) is 0 Å². The Labute approximate surface area is 212 Å². The van der Waals surface area contributed by atoms with Crippen LogP contribution in [0.2, 0.25) is 10.0 Å². The number of carbonyl (C=O) groups excluding carboxylic acids is 2. The van der Waals surface area contributed by atoms with Gasteiger partial charge in [-0.15, -0.1) is 0 Å². The van der Waals surface area contributed by atoms with E-state index in [1.165, 1.54) is 11.8 Å². The van der Waals surface area contributed by atoms with E-state index in [4.69, 9.17) is 28.2 Å². The molecule has 2 amide bonds. The average Bonchev–Trinajstić information content (AvgIpc) is 3.51. The zero-order valence-electron chi connectivity index (χ0n) is 18.2. The summed E-state index contributed by atoms with van der Waals surface area (Å²) in [5, 5.41) is 5.00. The molecule has 1 saturated carbocycles. The monoisotopic (exact) mass is 512 g/mol. The van der Waals surface area contributed by atoms with Crippen molar-refractivity contribution in [2.75, 3.05) is 19.6 Å². The van der Waals surface area contributed by atoms with Crippen LogP contribution in [0.1, 0.15) is 36.1 Å². The summed E-state index contributed by atoms with van der Waals surface area (Å²) in [6.45, 7) is 1.10. The third-order valence-corrected chi connectivity index (χ3v) is 8.20. The van der Waals surface area contributed by atoms with E-state index in [0.717, 1.165) is 34.8 Å². The average molecular weight is 513 g/mol. The molecule has 34 heavy (non-hydrogen) atoms. The van der Waals surface area contributed by atoms with E-state index in [0.29, 0.717) is 34.0 Å². The zero-order chi connectivity index (χ0) is 23.4. The molecule has 1 saturated heterocycles. The molecule has 6 nitrogen and oxygen atoms in total. The first-order chi connectivity index (χ1) is 16.5. The summed E-state index contributed by atoms with van der Waals surface area (Å²) in [5.74, 6) is 0.143. The molecule has 2 aromatic carbocycles. The van der Waals surface area contributed by atoms with Crippen molar-refractivity contribution in [1.29, 1.82) is 0 Å². The van der Waals surface area contributed by atoms with Crippen molar-refractivity contribution >= 4 is 51.9 Å². The number of amidine groups is 1. The van der Waals surface area contributed by atoms with E-state index < -0.39 is 0 Å². The number of aliphatic imine (C=N–C) groups is 1. The van der Waals surface area contributed by atoms with Crippen molar-refractivity contribution in [3.05, 3.63) is 80.3 Å². The fourth-order valence-corrected chi connectivity index (χ4v) is 6.35. The minimum atomic E-state index is -0.132. The number of amides is 2.